The van der Waals surface area contributed by atoms with Crippen LogP contribution >= 0.6 is 0 Å². The Labute approximate surface area is 178 Å². The molecular weight excluding hydrogens is 370 g/mol. The zero-order valence-corrected chi connectivity index (χ0v) is 17.1. The molecule has 0 saturated heterocycles. The Kier molecular flexibility index (Phi) is 6.98. The van der Waals surface area contributed by atoms with E-state index in [4.69, 9.17) is 9.47 Å². The van der Waals surface area contributed by atoms with Crippen molar-refractivity contribution in [1.82, 2.24) is 5.32 Å². The molecule has 0 aliphatic heterocycles. The lowest BCUT2D eigenvalue weighted by molar-refractivity contribution is 0.216. The molecule has 0 spiro atoms. The first-order chi connectivity index (χ1) is 14.9. The number of para-hydroxylation sites is 1. The molecule has 4 aromatic rings. The van der Waals surface area contributed by atoms with Crippen molar-refractivity contribution in [3.8, 4) is 11.5 Å². The topological polar surface area (TPSA) is 30.5 Å². The molecule has 3 nitrogen and oxygen atoms in total. The maximum atomic E-state index is 6.12. The Balaban J connectivity index is 1.39. The molecule has 0 saturated carbocycles. The maximum absolute atomic E-state index is 6.12. The van der Waals surface area contributed by atoms with Gasteiger partial charge in [0.1, 0.15) is 24.7 Å². The third-order valence-electron chi connectivity index (χ3n) is 5.09. The summed E-state index contributed by atoms with van der Waals surface area (Å²) in [6, 6.07) is 33.1. The summed E-state index contributed by atoms with van der Waals surface area (Å²) in [5, 5.41) is 6.04. The van der Waals surface area contributed by atoms with E-state index in [-0.39, 0.29) is 0 Å². The monoisotopic (exact) mass is 397 g/mol. The molecule has 0 aliphatic carbocycles. The van der Waals surface area contributed by atoms with Gasteiger partial charge in [0.2, 0.25) is 0 Å². The minimum absolute atomic E-state index is 0.504. The molecule has 0 radical (unpaired) electrons. The van der Waals surface area contributed by atoms with Crippen LogP contribution in [0.3, 0.4) is 0 Å². The van der Waals surface area contributed by atoms with Crippen LogP contribution in [0.2, 0.25) is 0 Å². The smallest absolute Gasteiger partial charge is 0.124 e. The van der Waals surface area contributed by atoms with Crippen LogP contribution in [0, 0.1) is 0 Å². The highest BCUT2D eigenvalue weighted by Gasteiger charge is 2.09. The molecule has 0 bridgehead atoms. The van der Waals surface area contributed by atoms with Crippen molar-refractivity contribution < 1.29 is 9.47 Å². The quantitative estimate of drug-likeness (QED) is 0.352. The Morgan fingerprint density at radius 1 is 0.633 bits per heavy atom. The van der Waals surface area contributed by atoms with Gasteiger partial charge >= 0.3 is 0 Å². The number of hydrogen-bond donors (Lipinski definition) is 1. The van der Waals surface area contributed by atoms with E-state index in [0.717, 1.165) is 31.0 Å². The summed E-state index contributed by atoms with van der Waals surface area (Å²) in [5.74, 6) is 1.78. The van der Waals surface area contributed by atoms with E-state index in [9.17, 15) is 0 Å². The summed E-state index contributed by atoms with van der Waals surface area (Å²) in [6.45, 7) is 2.70. The highest BCUT2D eigenvalue weighted by Crippen LogP contribution is 2.28. The largest absolute Gasteiger partial charge is 0.490 e. The number of rotatable bonds is 10. The maximum Gasteiger partial charge on any atom is 0.124 e. The van der Waals surface area contributed by atoms with Gasteiger partial charge in [0, 0.05) is 12.1 Å². The summed E-state index contributed by atoms with van der Waals surface area (Å²) in [6.07, 6.45) is 1.01. The van der Waals surface area contributed by atoms with Gasteiger partial charge in [0.25, 0.3) is 0 Å². The van der Waals surface area contributed by atoms with Crippen LogP contribution in [0.25, 0.3) is 10.8 Å². The van der Waals surface area contributed by atoms with Crippen LogP contribution in [-0.4, -0.2) is 19.8 Å². The Morgan fingerprint density at radius 2 is 1.33 bits per heavy atom. The van der Waals surface area contributed by atoms with Crippen LogP contribution in [0.1, 0.15) is 11.1 Å². The van der Waals surface area contributed by atoms with E-state index in [0.29, 0.717) is 13.2 Å². The third kappa shape index (κ3) is 5.40. The second-order valence-corrected chi connectivity index (χ2v) is 7.19. The molecule has 0 atom stereocenters. The number of fused-ring (bicyclic) bond motifs is 1. The summed E-state index contributed by atoms with van der Waals surface area (Å²) < 4.78 is 11.9. The van der Waals surface area contributed by atoms with Crippen molar-refractivity contribution >= 4 is 10.8 Å². The molecule has 30 heavy (non-hydrogen) atoms. The molecule has 0 heterocycles. The standard InChI is InChI=1S/C27H27NO2/c1-3-9-22(10-4-1)17-18-28-21-26-25-14-8-7-11-23(25)15-16-27(26)30-20-19-29-24-12-5-2-6-13-24/h1-16,28H,17-21H2. The predicted molar refractivity (Wildman–Crippen MR) is 123 cm³/mol. The molecule has 0 unspecified atom stereocenters. The van der Waals surface area contributed by atoms with Gasteiger partial charge < -0.3 is 14.8 Å². The lowest BCUT2D eigenvalue weighted by atomic mass is 10.0. The number of ether oxygens (including phenoxy) is 2. The fourth-order valence-electron chi connectivity index (χ4n) is 3.55. The van der Waals surface area contributed by atoms with Crippen LogP contribution < -0.4 is 14.8 Å². The van der Waals surface area contributed by atoms with Crippen LogP contribution in [-0.2, 0) is 13.0 Å². The molecule has 0 amide bonds. The van der Waals surface area contributed by atoms with E-state index in [2.05, 4.69) is 72.0 Å². The highest BCUT2D eigenvalue weighted by atomic mass is 16.5. The molecule has 0 fully saturated rings. The zero-order valence-electron chi connectivity index (χ0n) is 17.1. The van der Waals surface area contributed by atoms with Crippen LogP contribution in [0.4, 0.5) is 0 Å². The zero-order chi connectivity index (χ0) is 20.4. The van der Waals surface area contributed by atoms with Crippen molar-refractivity contribution in [3.63, 3.8) is 0 Å². The third-order valence-corrected chi connectivity index (χ3v) is 5.09. The minimum atomic E-state index is 0.504. The summed E-state index contributed by atoms with van der Waals surface area (Å²) in [7, 11) is 0. The second kappa shape index (κ2) is 10.5. The van der Waals surface area contributed by atoms with Crippen LogP contribution in [0.5, 0.6) is 11.5 Å². The number of nitrogens with one attached hydrogen (secondary N) is 1. The molecule has 4 aromatic carbocycles. The van der Waals surface area contributed by atoms with E-state index in [1.165, 1.54) is 21.9 Å². The molecule has 152 valence electrons. The van der Waals surface area contributed by atoms with E-state index >= 15 is 0 Å². The van der Waals surface area contributed by atoms with Gasteiger partial charge in [-0.05, 0) is 47.5 Å². The van der Waals surface area contributed by atoms with Gasteiger partial charge in [0.05, 0.1) is 0 Å². The molecular formula is C27H27NO2. The van der Waals surface area contributed by atoms with Gasteiger partial charge in [-0.1, -0.05) is 78.9 Å². The molecule has 0 aliphatic rings. The number of hydrogen-bond acceptors (Lipinski definition) is 3. The first-order valence-electron chi connectivity index (χ1n) is 10.5. The molecule has 3 heteroatoms. The average molecular weight is 398 g/mol. The van der Waals surface area contributed by atoms with Gasteiger partial charge in [-0.3, -0.25) is 0 Å². The fourth-order valence-corrected chi connectivity index (χ4v) is 3.55. The average Bonchev–Trinajstić information content (AvgIpc) is 2.81. The first kappa shape index (κ1) is 20.0. The fraction of sp³-hybridized carbons (Fsp3) is 0.185. The second-order valence-electron chi connectivity index (χ2n) is 7.19. The SMILES string of the molecule is c1ccc(CCNCc2c(OCCOc3ccccc3)ccc3ccccc23)cc1. The highest BCUT2D eigenvalue weighted by molar-refractivity contribution is 5.87. The predicted octanol–water partition coefficient (Wildman–Crippen LogP) is 5.63. The van der Waals surface area contributed by atoms with Gasteiger partial charge in [-0.25, -0.2) is 0 Å². The Morgan fingerprint density at radius 3 is 2.17 bits per heavy atom. The summed E-state index contributed by atoms with van der Waals surface area (Å²) in [5.41, 5.74) is 2.54. The normalized spacial score (nSPS) is 10.8. The van der Waals surface area contributed by atoms with E-state index < -0.39 is 0 Å². The van der Waals surface area contributed by atoms with Crippen LogP contribution in [0.15, 0.2) is 97.1 Å². The van der Waals surface area contributed by atoms with Gasteiger partial charge in [-0.2, -0.15) is 0 Å². The first-order valence-corrected chi connectivity index (χ1v) is 10.5. The molecule has 4 rings (SSSR count). The number of benzene rings is 4. The lowest BCUT2D eigenvalue weighted by Crippen LogP contribution is -2.18. The molecule has 1 N–H and O–H groups in total. The minimum Gasteiger partial charge on any atom is -0.490 e. The van der Waals surface area contributed by atoms with E-state index in [1.54, 1.807) is 0 Å². The van der Waals surface area contributed by atoms with Gasteiger partial charge in [-0.15, -0.1) is 0 Å². The van der Waals surface area contributed by atoms with Crippen molar-refractivity contribution in [2.45, 2.75) is 13.0 Å². The van der Waals surface area contributed by atoms with Gasteiger partial charge in [0.15, 0.2) is 0 Å². The summed E-state index contributed by atoms with van der Waals surface area (Å²) in [4.78, 5) is 0. The van der Waals surface area contributed by atoms with Crippen molar-refractivity contribution in [2.24, 2.45) is 0 Å². The van der Waals surface area contributed by atoms with Crippen molar-refractivity contribution in [2.75, 3.05) is 19.8 Å². The summed E-state index contributed by atoms with van der Waals surface area (Å²) >= 11 is 0. The molecule has 0 aromatic heterocycles. The van der Waals surface area contributed by atoms with Crippen molar-refractivity contribution in [3.05, 3.63) is 108 Å². The van der Waals surface area contributed by atoms with E-state index in [1.807, 2.05) is 30.3 Å². The lowest BCUT2D eigenvalue weighted by Gasteiger charge is -2.15. The van der Waals surface area contributed by atoms with Crippen molar-refractivity contribution in [1.29, 1.82) is 0 Å². The Hall–Kier alpha value is -3.30. The Bertz CT molecular complexity index is 1050.